The number of carbonyl (C=O) groups is 2. The number of piperazine rings is 1. The van der Waals surface area contributed by atoms with Gasteiger partial charge in [0.25, 0.3) is 0 Å². The van der Waals surface area contributed by atoms with Crippen LogP contribution in [0.1, 0.15) is 26.8 Å². The van der Waals surface area contributed by atoms with E-state index in [4.69, 9.17) is 4.74 Å². The van der Waals surface area contributed by atoms with Crippen molar-refractivity contribution in [3.05, 3.63) is 36.7 Å². The van der Waals surface area contributed by atoms with Crippen LogP contribution in [-0.4, -0.2) is 70.1 Å². The number of aromatic nitrogens is 3. The summed E-state index contributed by atoms with van der Waals surface area (Å²) in [7, 11) is 0. The first-order chi connectivity index (χ1) is 17.3. The Morgan fingerprint density at radius 2 is 1.89 bits per heavy atom. The largest absolute Gasteiger partial charge is 0.473 e. The maximum atomic E-state index is 13.7. The van der Waals surface area contributed by atoms with Crippen LogP contribution in [0, 0.1) is 5.92 Å². The number of nitrogens with one attached hydrogen (secondary N) is 1. The standard InChI is InChI=1S/C25H28F2N6O3/c1-15(18-11-22(35)28-13-18)36-24-23-21(29-14-33(23)25(26)27)12-20(30-24)17-3-5-19(6-4-17)32-9-7-31(8-10-32)16(2)34/h3-6,12,14-15,18,25H,7-11,13H2,1-2H3,(H,28,35)/t15-,18-/m1/s1. The van der Waals surface area contributed by atoms with Gasteiger partial charge < -0.3 is 19.9 Å². The number of anilines is 1. The van der Waals surface area contributed by atoms with Crippen LogP contribution in [0.4, 0.5) is 14.5 Å². The normalized spacial score (nSPS) is 19.1. The molecule has 190 valence electrons. The average molecular weight is 499 g/mol. The van der Waals surface area contributed by atoms with Crippen molar-refractivity contribution in [3.8, 4) is 17.1 Å². The van der Waals surface area contributed by atoms with Gasteiger partial charge in [-0.3, -0.25) is 14.2 Å². The van der Waals surface area contributed by atoms with Gasteiger partial charge >= 0.3 is 6.55 Å². The molecule has 1 N–H and O–H groups in total. The lowest BCUT2D eigenvalue weighted by Crippen LogP contribution is -2.48. The van der Waals surface area contributed by atoms with Crippen molar-refractivity contribution in [2.24, 2.45) is 5.92 Å². The van der Waals surface area contributed by atoms with Crippen LogP contribution < -0.4 is 15.0 Å². The van der Waals surface area contributed by atoms with E-state index in [1.54, 1.807) is 13.0 Å². The van der Waals surface area contributed by atoms with E-state index in [1.165, 1.54) is 0 Å². The molecule has 1 aromatic carbocycles. The lowest BCUT2D eigenvalue weighted by Gasteiger charge is -2.35. The van der Waals surface area contributed by atoms with Gasteiger partial charge in [-0.1, -0.05) is 12.1 Å². The highest BCUT2D eigenvalue weighted by Gasteiger charge is 2.29. The summed E-state index contributed by atoms with van der Waals surface area (Å²) in [5, 5.41) is 2.78. The number of amides is 2. The Labute approximate surface area is 207 Å². The quantitative estimate of drug-likeness (QED) is 0.562. The number of imidazole rings is 1. The number of alkyl halides is 2. The van der Waals surface area contributed by atoms with E-state index < -0.39 is 12.7 Å². The predicted molar refractivity (Wildman–Crippen MR) is 130 cm³/mol. The number of benzene rings is 1. The zero-order chi connectivity index (χ0) is 25.4. The van der Waals surface area contributed by atoms with Gasteiger partial charge in [0.2, 0.25) is 17.7 Å². The lowest BCUT2D eigenvalue weighted by atomic mass is 10.0. The Morgan fingerprint density at radius 3 is 2.50 bits per heavy atom. The highest BCUT2D eigenvalue weighted by molar-refractivity contribution is 5.85. The molecule has 0 radical (unpaired) electrons. The van der Waals surface area contributed by atoms with Gasteiger partial charge in [0, 0.05) is 63.2 Å². The van der Waals surface area contributed by atoms with Crippen LogP contribution in [0.25, 0.3) is 22.3 Å². The number of carbonyl (C=O) groups excluding carboxylic acids is 2. The molecule has 0 unspecified atom stereocenters. The third-order valence-corrected chi connectivity index (χ3v) is 6.95. The van der Waals surface area contributed by atoms with Crippen LogP contribution in [0.15, 0.2) is 36.7 Å². The molecular weight excluding hydrogens is 470 g/mol. The first-order valence-corrected chi connectivity index (χ1v) is 12.0. The van der Waals surface area contributed by atoms with Crippen LogP contribution in [0.5, 0.6) is 5.88 Å². The van der Waals surface area contributed by atoms with Crippen molar-refractivity contribution in [2.75, 3.05) is 37.6 Å². The highest BCUT2D eigenvalue weighted by atomic mass is 19.3. The minimum atomic E-state index is -2.79. The van der Waals surface area contributed by atoms with Crippen LogP contribution in [-0.2, 0) is 9.59 Å². The van der Waals surface area contributed by atoms with Crippen molar-refractivity contribution in [1.82, 2.24) is 24.8 Å². The molecule has 9 nitrogen and oxygen atoms in total. The van der Waals surface area contributed by atoms with Crippen molar-refractivity contribution in [1.29, 1.82) is 0 Å². The van der Waals surface area contributed by atoms with Crippen LogP contribution in [0.2, 0.25) is 0 Å². The van der Waals surface area contributed by atoms with Crippen molar-refractivity contribution < 1.29 is 23.1 Å². The monoisotopic (exact) mass is 498 g/mol. The minimum Gasteiger partial charge on any atom is -0.473 e. The summed E-state index contributed by atoms with van der Waals surface area (Å²) < 4.78 is 34.2. The first kappa shape index (κ1) is 24.0. The fraction of sp³-hybridized carbons (Fsp3) is 0.440. The Kier molecular flexibility index (Phi) is 6.46. The maximum absolute atomic E-state index is 13.7. The van der Waals surface area contributed by atoms with Crippen LogP contribution in [0.3, 0.4) is 0 Å². The molecule has 2 aliphatic heterocycles. The molecule has 0 spiro atoms. The molecule has 3 aromatic rings. The number of ether oxygens (including phenoxy) is 1. The summed E-state index contributed by atoms with van der Waals surface area (Å²) in [6.45, 7) is 3.95. The summed E-state index contributed by atoms with van der Waals surface area (Å²) in [5.74, 6) is 0.0202. The Morgan fingerprint density at radius 1 is 1.17 bits per heavy atom. The average Bonchev–Trinajstić information content (AvgIpc) is 3.51. The van der Waals surface area contributed by atoms with E-state index in [1.807, 2.05) is 36.1 Å². The summed E-state index contributed by atoms with van der Waals surface area (Å²) in [6.07, 6.45) is 0.996. The van der Waals surface area contributed by atoms with Gasteiger partial charge in [-0.05, 0) is 25.1 Å². The molecular formula is C25H28F2N6O3. The second-order valence-electron chi connectivity index (χ2n) is 9.24. The molecule has 11 heteroatoms. The Hall–Kier alpha value is -3.76. The van der Waals surface area contributed by atoms with Gasteiger partial charge in [-0.2, -0.15) is 8.78 Å². The van der Waals surface area contributed by atoms with Gasteiger partial charge in [0.1, 0.15) is 17.9 Å². The smallest absolute Gasteiger partial charge is 0.320 e. The molecule has 5 rings (SSSR count). The fourth-order valence-electron chi connectivity index (χ4n) is 4.76. The number of hydrogen-bond acceptors (Lipinski definition) is 6. The van der Waals surface area contributed by atoms with Gasteiger partial charge in [-0.15, -0.1) is 0 Å². The van der Waals surface area contributed by atoms with E-state index in [0.717, 1.165) is 35.2 Å². The lowest BCUT2D eigenvalue weighted by molar-refractivity contribution is -0.129. The van der Waals surface area contributed by atoms with E-state index >= 15 is 0 Å². The second-order valence-corrected chi connectivity index (χ2v) is 9.24. The third kappa shape index (κ3) is 4.69. The molecule has 0 aliphatic carbocycles. The Bertz CT molecular complexity index is 1270. The van der Waals surface area contributed by atoms with E-state index in [-0.39, 0.29) is 29.1 Å². The molecule has 0 saturated carbocycles. The molecule has 0 bridgehead atoms. The topological polar surface area (TPSA) is 92.6 Å². The van der Waals surface area contributed by atoms with E-state index in [9.17, 15) is 18.4 Å². The van der Waals surface area contributed by atoms with E-state index in [0.29, 0.717) is 37.3 Å². The molecule has 2 atom stereocenters. The first-order valence-electron chi connectivity index (χ1n) is 12.0. The Balaban J connectivity index is 1.42. The molecule has 36 heavy (non-hydrogen) atoms. The molecule has 2 aromatic heterocycles. The second kappa shape index (κ2) is 9.71. The third-order valence-electron chi connectivity index (χ3n) is 6.95. The molecule has 2 fully saturated rings. The highest BCUT2D eigenvalue weighted by Crippen LogP contribution is 2.33. The summed E-state index contributed by atoms with van der Waals surface area (Å²) in [6, 6.07) is 9.51. The number of nitrogens with zero attached hydrogens (tertiary/aromatic N) is 5. The molecule has 2 aliphatic rings. The molecule has 4 heterocycles. The minimum absolute atomic E-state index is 0.0530. The summed E-state index contributed by atoms with van der Waals surface area (Å²) in [4.78, 5) is 36.1. The fourth-order valence-corrected chi connectivity index (χ4v) is 4.76. The van der Waals surface area contributed by atoms with Gasteiger partial charge in [0.15, 0.2) is 0 Å². The van der Waals surface area contributed by atoms with Crippen molar-refractivity contribution in [2.45, 2.75) is 32.9 Å². The zero-order valence-corrected chi connectivity index (χ0v) is 20.2. The molecule has 2 saturated heterocycles. The van der Waals surface area contributed by atoms with Crippen molar-refractivity contribution >= 4 is 28.5 Å². The number of rotatable bonds is 6. The van der Waals surface area contributed by atoms with Gasteiger partial charge in [-0.25, -0.2) is 9.97 Å². The summed E-state index contributed by atoms with van der Waals surface area (Å²) >= 11 is 0. The number of fused-ring (bicyclic) bond motifs is 1. The predicted octanol–water partition coefficient (Wildman–Crippen LogP) is 3.07. The molecule has 2 amide bonds. The maximum Gasteiger partial charge on any atom is 0.320 e. The summed E-state index contributed by atoms with van der Waals surface area (Å²) in [5.41, 5.74) is 2.86. The number of hydrogen-bond donors (Lipinski definition) is 1. The van der Waals surface area contributed by atoms with Crippen molar-refractivity contribution in [3.63, 3.8) is 0 Å². The SMILES string of the molecule is CC(=O)N1CCN(c2ccc(-c3cc4ncn(C(F)F)c4c(O[C@H](C)[C@H]4CNC(=O)C4)n3)cc2)CC1. The zero-order valence-electron chi connectivity index (χ0n) is 20.2. The van der Waals surface area contributed by atoms with Crippen LogP contribution >= 0.6 is 0 Å². The number of pyridine rings is 1. The van der Waals surface area contributed by atoms with Gasteiger partial charge in [0.05, 0.1) is 11.2 Å². The van der Waals surface area contributed by atoms with E-state index in [2.05, 4.69) is 20.2 Å². The number of halogens is 2.